The van der Waals surface area contributed by atoms with Crippen LogP contribution in [0.2, 0.25) is 5.02 Å². The van der Waals surface area contributed by atoms with Gasteiger partial charge in [0.05, 0.1) is 10.9 Å². The van der Waals surface area contributed by atoms with Gasteiger partial charge in [-0.05, 0) is 18.2 Å². The summed E-state index contributed by atoms with van der Waals surface area (Å²) in [6, 6.07) is 5.34. The van der Waals surface area contributed by atoms with Crippen LogP contribution in [0.4, 0.5) is 5.69 Å². The Labute approximate surface area is 168 Å². The Morgan fingerprint density at radius 3 is 2.44 bits per heavy atom. The molecule has 1 N–H and O–H groups in total. The van der Waals surface area contributed by atoms with Crippen LogP contribution in [0.5, 0.6) is 0 Å². The maximum atomic E-state index is 12.7. The molecule has 1 aromatic carbocycles. The van der Waals surface area contributed by atoms with Crippen molar-refractivity contribution in [1.82, 2.24) is 9.80 Å². The predicted molar refractivity (Wildman–Crippen MR) is 107 cm³/mol. The molecule has 0 saturated carbocycles. The first kappa shape index (κ1) is 20.0. The van der Waals surface area contributed by atoms with Gasteiger partial charge < -0.3 is 15.1 Å². The Balaban J connectivity index is 1.56. The Morgan fingerprint density at radius 2 is 1.81 bits per heavy atom. The molecule has 0 radical (unpaired) electrons. The third kappa shape index (κ3) is 4.58. The average molecular weight is 410 g/mol. The lowest BCUT2D eigenvalue weighted by atomic mass is 9.94. The van der Waals surface area contributed by atoms with Gasteiger partial charge in [0.1, 0.15) is 0 Å². The van der Waals surface area contributed by atoms with Gasteiger partial charge in [-0.1, -0.05) is 32.4 Å². The number of thioether (sulfide) groups is 1. The number of nitrogens with one attached hydrogen (secondary N) is 1. The van der Waals surface area contributed by atoms with Gasteiger partial charge in [-0.15, -0.1) is 11.8 Å². The second-order valence-electron chi connectivity index (χ2n) is 7.86. The summed E-state index contributed by atoms with van der Waals surface area (Å²) in [6.07, 6.45) is 0.145. The molecule has 146 valence electrons. The highest BCUT2D eigenvalue weighted by atomic mass is 35.5. The summed E-state index contributed by atoms with van der Waals surface area (Å²) in [5.74, 6) is -0.125. The van der Waals surface area contributed by atoms with E-state index in [4.69, 9.17) is 11.6 Å². The van der Waals surface area contributed by atoms with Gasteiger partial charge in [-0.2, -0.15) is 0 Å². The van der Waals surface area contributed by atoms with Crippen molar-refractivity contribution in [2.24, 2.45) is 5.41 Å². The van der Waals surface area contributed by atoms with Crippen molar-refractivity contribution in [2.75, 3.05) is 31.5 Å². The van der Waals surface area contributed by atoms with Crippen LogP contribution in [0.1, 0.15) is 27.2 Å². The van der Waals surface area contributed by atoms with Gasteiger partial charge >= 0.3 is 0 Å². The summed E-state index contributed by atoms with van der Waals surface area (Å²) < 4.78 is 0. The minimum atomic E-state index is -0.458. The molecule has 27 heavy (non-hydrogen) atoms. The predicted octanol–water partition coefficient (Wildman–Crippen LogP) is 2.86. The summed E-state index contributed by atoms with van der Waals surface area (Å²) in [6.45, 7) is 7.78. The Bertz CT molecular complexity index is 770. The number of carbonyl (C=O) groups is 3. The largest absolute Gasteiger partial charge is 0.339 e. The van der Waals surface area contributed by atoms with E-state index in [0.29, 0.717) is 36.9 Å². The molecule has 0 aliphatic carbocycles. The molecule has 2 aliphatic rings. The van der Waals surface area contributed by atoms with E-state index in [2.05, 4.69) is 5.32 Å². The van der Waals surface area contributed by atoms with E-state index in [1.54, 1.807) is 17.0 Å². The maximum Gasteiger partial charge on any atom is 0.238 e. The number of fused-ring (bicyclic) bond motifs is 1. The fraction of sp³-hybridized carbons (Fsp3) is 0.526. The number of carbonyl (C=O) groups excluding carboxylic acids is 3. The van der Waals surface area contributed by atoms with E-state index in [1.165, 1.54) is 11.8 Å². The fourth-order valence-electron chi connectivity index (χ4n) is 3.18. The van der Waals surface area contributed by atoms with Gasteiger partial charge in [-0.3, -0.25) is 14.4 Å². The second-order valence-corrected chi connectivity index (χ2v) is 9.54. The molecule has 8 heteroatoms. The smallest absolute Gasteiger partial charge is 0.238 e. The molecule has 3 rings (SSSR count). The first-order valence-electron chi connectivity index (χ1n) is 8.99. The Hall–Kier alpha value is -1.73. The minimum absolute atomic E-state index is 0.0529. The first-order valence-corrected chi connectivity index (χ1v) is 10.2. The lowest BCUT2D eigenvalue weighted by molar-refractivity contribution is -0.145. The molecule has 0 aromatic heterocycles. The molecule has 1 aromatic rings. The quantitative estimate of drug-likeness (QED) is 0.815. The molecule has 1 atom stereocenters. The van der Waals surface area contributed by atoms with Gasteiger partial charge in [0, 0.05) is 47.9 Å². The molecule has 3 amide bonds. The zero-order valence-electron chi connectivity index (χ0n) is 15.8. The lowest BCUT2D eigenvalue weighted by Crippen LogP contribution is -2.53. The average Bonchev–Trinajstić information content (AvgIpc) is 2.61. The SMILES string of the molecule is CC(C)(C)C(=O)N1CCN(C(=O)CC2Sc3ccc(Cl)cc3NC2=O)CC1. The molecule has 2 aliphatic heterocycles. The zero-order chi connectivity index (χ0) is 19.8. The molecule has 6 nitrogen and oxygen atoms in total. The van der Waals surface area contributed by atoms with Crippen LogP contribution in [-0.2, 0) is 14.4 Å². The third-order valence-corrected chi connectivity index (χ3v) is 6.19. The van der Waals surface area contributed by atoms with E-state index in [1.807, 2.05) is 31.7 Å². The summed E-state index contributed by atoms with van der Waals surface area (Å²) in [5.41, 5.74) is 0.273. The topological polar surface area (TPSA) is 69.7 Å². The highest BCUT2D eigenvalue weighted by Gasteiger charge is 2.34. The zero-order valence-corrected chi connectivity index (χ0v) is 17.3. The maximum absolute atomic E-state index is 12.7. The van der Waals surface area contributed by atoms with Gasteiger partial charge in [-0.25, -0.2) is 0 Å². The number of hydrogen-bond donors (Lipinski definition) is 1. The van der Waals surface area contributed by atoms with E-state index >= 15 is 0 Å². The standard InChI is InChI=1S/C19H24ClN3O3S/c1-19(2,3)18(26)23-8-6-22(7-9-23)16(24)11-15-17(25)21-13-10-12(20)4-5-14(13)27-15/h4-5,10,15H,6-9,11H2,1-3H3,(H,21,25). The van der Waals surface area contributed by atoms with E-state index in [-0.39, 0.29) is 24.1 Å². The van der Waals surface area contributed by atoms with E-state index in [9.17, 15) is 14.4 Å². The summed E-state index contributed by atoms with van der Waals surface area (Å²) in [4.78, 5) is 41.8. The second kappa shape index (κ2) is 7.72. The van der Waals surface area contributed by atoms with E-state index < -0.39 is 10.7 Å². The van der Waals surface area contributed by atoms with E-state index in [0.717, 1.165) is 4.90 Å². The molecule has 0 bridgehead atoms. The molecule has 1 unspecified atom stereocenters. The third-order valence-electron chi connectivity index (χ3n) is 4.68. The molecule has 2 heterocycles. The van der Waals surface area contributed by atoms with Crippen LogP contribution >= 0.6 is 23.4 Å². The van der Waals surface area contributed by atoms with Crippen molar-refractivity contribution in [3.8, 4) is 0 Å². The van der Waals surface area contributed by atoms with Gasteiger partial charge in [0.25, 0.3) is 0 Å². The Morgan fingerprint density at radius 1 is 1.19 bits per heavy atom. The number of hydrogen-bond acceptors (Lipinski definition) is 4. The van der Waals surface area contributed by atoms with Gasteiger partial charge in [0.15, 0.2) is 0 Å². The Kier molecular flexibility index (Phi) is 5.72. The highest BCUT2D eigenvalue weighted by molar-refractivity contribution is 8.01. The van der Waals surface area contributed by atoms with Crippen LogP contribution in [0.25, 0.3) is 0 Å². The van der Waals surface area contributed by atoms with Crippen LogP contribution in [-0.4, -0.2) is 59.0 Å². The molecule has 1 fully saturated rings. The van der Waals surface area contributed by atoms with Crippen molar-refractivity contribution < 1.29 is 14.4 Å². The lowest BCUT2D eigenvalue weighted by Gasteiger charge is -2.38. The van der Waals surface area contributed by atoms with Crippen molar-refractivity contribution in [2.45, 2.75) is 37.3 Å². The monoisotopic (exact) mass is 409 g/mol. The molecular formula is C19H24ClN3O3S. The number of benzene rings is 1. The summed E-state index contributed by atoms with van der Waals surface area (Å²) >= 11 is 7.35. The molecule has 0 spiro atoms. The number of amides is 3. The van der Waals surface area contributed by atoms with Crippen molar-refractivity contribution in [3.63, 3.8) is 0 Å². The normalized spacial score (nSPS) is 20.1. The first-order chi connectivity index (χ1) is 12.6. The summed E-state index contributed by atoms with van der Waals surface area (Å²) in [7, 11) is 0. The van der Waals surface area contributed by atoms with Crippen LogP contribution < -0.4 is 5.32 Å². The number of halogens is 1. The number of anilines is 1. The molecular weight excluding hydrogens is 386 g/mol. The van der Waals surface area contributed by atoms with Gasteiger partial charge in [0.2, 0.25) is 17.7 Å². The van der Waals surface area contributed by atoms with Crippen LogP contribution in [0, 0.1) is 5.41 Å². The van der Waals surface area contributed by atoms with Crippen LogP contribution in [0.3, 0.4) is 0 Å². The highest BCUT2D eigenvalue weighted by Crippen LogP contribution is 2.38. The van der Waals surface area contributed by atoms with Crippen molar-refractivity contribution >= 4 is 46.8 Å². The van der Waals surface area contributed by atoms with Crippen molar-refractivity contribution in [1.29, 1.82) is 0 Å². The summed E-state index contributed by atoms with van der Waals surface area (Å²) in [5, 5.41) is 2.93. The number of nitrogens with zero attached hydrogens (tertiary/aromatic N) is 2. The fourth-order valence-corrected chi connectivity index (χ4v) is 4.43. The van der Waals surface area contributed by atoms with Crippen molar-refractivity contribution in [3.05, 3.63) is 23.2 Å². The number of piperazine rings is 1. The molecule has 1 saturated heterocycles. The van der Waals surface area contributed by atoms with Crippen LogP contribution in [0.15, 0.2) is 23.1 Å². The minimum Gasteiger partial charge on any atom is -0.339 e. The number of rotatable bonds is 2.